The molecule has 1 aromatic carbocycles. The van der Waals surface area contributed by atoms with Crippen LogP contribution in [0.1, 0.15) is 32.9 Å². The highest BCUT2D eigenvalue weighted by atomic mass is 32.2. The Hall–Kier alpha value is -3.64. The standard InChI is InChI=1S/C25H34N8O3S/c1-6-12-33(13-11-26-15-17(3)34)24-22(36-5)23(28-21-14-16(2)31-32-21)29-25(30-24)37-20-9-7-19(8-10-20)27-18(4)35/h7-10,14,26H,6,11-13,15H2,1-5H3,(H,27,35)(H2,28,29,30,31,32). The van der Waals surface area contributed by atoms with Gasteiger partial charge < -0.3 is 25.6 Å². The second kappa shape index (κ2) is 13.6. The minimum atomic E-state index is -0.123. The van der Waals surface area contributed by atoms with Crippen molar-refractivity contribution in [3.63, 3.8) is 0 Å². The number of benzene rings is 1. The van der Waals surface area contributed by atoms with E-state index in [1.807, 2.05) is 37.3 Å². The highest BCUT2D eigenvalue weighted by Crippen LogP contribution is 2.38. The Labute approximate surface area is 221 Å². The molecule has 12 heteroatoms. The summed E-state index contributed by atoms with van der Waals surface area (Å²) in [5.41, 5.74) is 1.63. The smallest absolute Gasteiger partial charge is 0.221 e. The molecule has 2 aromatic heterocycles. The molecule has 4 N–H and O–H groups in total. The van der Waals surface area contributed by atoms with Crippen LogP contribution < -0.4 is 25.6 Å². The first-order chi connectivity index (χ1) is 17.8. The number of carbonyl (C=O) groups excluding carboxylic acids is 2. The van der Waals surface area contributed by atoms with Crippen molar-refractivity contribution >= 4 is 46.6 Å². The highest BCUT2D eigenvalue weighted by Gasteiger charge is 2.22. The molecule has 0 spiro atoms. The molecule has 3 aromatic rings. The summed E-state index contributed by atoms with van der Waals surface area (Å²) in [6, 6.07) is 9.36. The maximum absolute atomic E-state index is 11.3. The number of aromatic amines is 1. The molecule has 0 saturated heterocycles. The molecular formula is C25H34N8O3S. The van der Waals surface area contributed by atoms with Crippen molar-refractivity contribution in [3.05, 3.63) is 36.0 Å². The zero-order valence-corrected chi connectivity index (χ0v) is 22.7. The number of carbonyl (C=O) groups is 2. The predicted molar refractivity (Wildman–Crippen MR) is 146 cm³/mol. The molecular weight excluding hydrogens is 492 g/mol. The van der Waals surface area contributed by atoms with Crippen LogP contribution in [0.25, 0.3) is 0 Å². The number of rotatable bonds is 14. The predicted octanol–water partition coefficient (Wildman–Crippen LogP) is 3.76. The summed E-state index contributed by atoms with van der Waals surface area (Å²) >= 11 is 1.40. The second-order valence-electron chi connectivity index (χ2n) is 8.45. The van der Waals surface area contributed by atoms with Crippen molar-refractivity contribution in [2.24, 2.45) is 0 Å². The van der Waals surface area contributed by atoms with Gasteiger partial charge in [-0.3, -0.25) is 14.7 Å². The van der Waals surface area contributed by atoms with Gasteiger partial charge in [-0.25, -0.2) is 9.97 Å². The third kappa shape index (κ3) is 8.46. The van der Waals surface area contributed by atoms with Crippen LogP contribution >= 0.6 is 11.8 Å². The van der Waals surface area contributed by atoms with Gasteiger partial charge in [-0.05, 0) is 56.3 Å². The summed E-state index contributed by atoms with van der Waals surface area (Å²) in [6.45, 7) is 9.36. The average molecular weight is 527 g/mol. The zero-order chi connectivity index (χ0) is 26.8. The quantitative estimate of drug-likeness (QED) is 0.181. The Bertz CT molecular complexity index is 1200. The van der Waals surface area contributed by atoms with E-state index in [0.717, 1.165) is 29.2 Å². The van der Waals surface area contributed by atoms with Crippen LogP contribution in [0.4, 0.5) is 23.1 Å². The van der Waals surface area contributed by atoms with Gasteiger partial charge in [0.25, 0.3) is 0 Å². The summed E-state index contributed by atoms with van der Waals surface area (Å²) in [5, 5.41) is 16.9. The first-order valence-electron chi connectivity index (χ1n) is 12.0. The number of anilines is 4. The minimum Gasteiger partial charge on any atom is -0.490 e. The molecule has 0 saturated carbocycles. The number of Topliss-reactive ketones (excluding diaryl/α,β-unsaturated/α-hetero) is 1. The molecule has 0 aliphatic carbocycles. The molecule has 0 fully saturated rings. The van der Waals surface area contributed by atoms with E-state index in [1.165, 1.54) is 18.7 Å². The van der Waals surface area contributed by atoms with E-state index in [0.29, 0.717) is 48.0 Å². The highest BCUT2D eigenvalue weighted by molar-refractivity contribution is 7.99. The molecule has 0 aliphatic rings. The van der Waals surface area contributed by atoms with Gasteiger partial charge in [0.1, 0.15) is 5.78 Å². The number of nitrogens with one attached hydrogen (secondary N) is 4. The van der Waals surface area contributed by atoms with Crippen molar-refractivity contribution in [1.82, 2.24) is 25.5 Å². The number of H-pyrrole nitrogens is 1. The van der Waals surface area contributed by atoms with Gasteiger partial charge in [-0.15, -0.1) is 0 Å². The Kier molecular flexibility index (Phi) is 10.3. The van der Waals surface area contributed by atoms with E-state index in [2.05, 4.69) is 38.0 Å². The molecule has 3 rings (SSSR count). The normalized spacial score (nSPS) is 10.7. The van der Waals surface area contributed by atoms with Gasteiger partial charge in [0.2, 0.25) is 11.7 Å². The molecule has 0 radical (unpaired) electrons. The monoisotopic (exact) mass is 526 g/mol. The minimum absolute atomic E-state index is 0.0886. The lowest BCUT2D eigenvalue weighted by Crippen LogP contribution is -2.35. The molecule has 0 atom stereocenters. The van der Waals surface area contributed by atoms with E-state index in [9.17, 15) is 9.59 Å². The van der Waals surface area contributed by atoms with Gasteiger partial charge in [0.05, 0.1) is 13.7 Å². The number of hydrogen-bond acceptors (Lipinski definition) is 10. The van der Waals surface area contributed by atoms with Crippen LogP contribution in [-0.2, 0) is 9.59 Å². The molecule has 1 amide bonds. The fourth-order valence-electron chi connectivity index (χ4n) is 3.54. The number of methoxy groups -OCH3 is 1. The van der Waals surface area contributed by atoms with Crippen molar-refractivity contribution < 1.29 is 14.3 Å². The Morgan fingerprint density at radius 1 is 1.14 bits per heavy atom. The summed E-state index contributed by atoms with van der Waals surface area (Å²) in [6.07, 6.45) is 0.897. The topological polar surface area (TPSA) is 137 Å². The lowest BCUT2D eigenvalue weighted by atomic mass is 10.3. The summed E-state index contributed by atoms with van der Waals surface area (Å²) in [5.74, 6) is 2.23. The average Bonchev–Trinajstić information content (AvgIpc) is 3.26. The lowest BCUT2D eigenvalue weighted by Gasteiger charge is -2.26. The van der Waals surface area contributed by atoms with Gasteiger partial charge in [-0.1, -0.05) is 6.92 Å². The van der Waals surface area contributed by atoms with E-state index in [-0.39, 0.29) is 11.7 Å². The van der Waals surface area contributed by atoms with Crippen LogP contribution in [0, 0.1) is 6.92 Å². The summed E-state index contributed by atoms with van der Waals surface area (Å²) < 4.78 is 5.79. The third-order valence-corrected chi connectivity index (χ3v) is 5.97. The Morgan fingerprint density at radius 2 is 1.89 bits per heavy atom. The Morgan fingerprint density at radius 3 is 2.49 bits per heavy atom. The summed E-state index contributed by atoms with van der Waals surface area (Å²) in [4.78, 5) is 35.3. The fraction of sp³-hybridized carbons (Fsp3) is 0.400. The summed E-state index contributed by atoms with van der Waals surface area (Å²) in [7, 11) is 1.59. The molecule has 37 heavy (non-hydrogen) atoms. The van der Waals surface area contributed by atoms with Crippen molar-refractivity contribution in [1.29, 1.82) is 0 Å². The number of aryl methyl sites for hydroxylation is 1. The largest absolute Gasteiger partial charge is 0.490 e. The van der Waals surface area contributed by atoms with Crippen LogP contribution in [0.15, 0.2) is 40.4 Å². The van der Waals surface area contributed by atoms with Crippen LogP contribution in [0.2, 0.25) is 0 Å². The SMILES string of the molecule is CCCN(CCNCC(C)=O)c1nc(Sc2ccc(NC(C)=O)cc2)nc(Nc2cc(C)[nH]n2)c1OC. The fourth-order valence-corrected chi connectivity index (χ4v) is 4.29. The van der Waals surface area contributed by atoms with Gasteiger partial charge in [0.15, 0.2) is 22.6 Å². The number of ether oxygens (including phenoxy) is 1. The van der Waals surface area contributed by atoms with Crippen LogP contribution in [0.3, 0.4) is 0 Å². The lowest BCUT2D eigenvalue weighted by molar-refractivity contribution is -0.116. The number of hydrogen-bond donors (Lipinski definition) is 4. The first-order valence-corrected chi connectivity index (χ1v) is 12.9. The zero-order valence-electron chi connectivity index (χ0n) is 21.8. The second-order valence-corrected chi connectivity index (χ2v) is 9.49. The van der Waals surface area contributed by atoms with Gasteiger partial charge in [-0.2, -0.15) is 5.10 Å². The molecule has 0 bridgehead atoms. The molecule has 11 nitrogen and oxygen atoms in total. The Balaban J connectivity index is 1.96. The van der Waals surface area contributed by atoms with E-state index < -0.39 is 0 Å². The molecule has 198 valence electrons. The van der Waals surface area contributed by atoms with E-state index >= 15 is 0 Å². The molecule has 0 aliphatic heterocycles. The van der Waals surface area contributed by atoms with Gasteiger partial charge >= 0.3 is 0 Å². The third-order valence-electron chi connectivity index (χ3n) is 5.09. The van der Waals surface area contributed by atoms with E-state index in [4.69, 9.17) is 14.7 Å². The maximum atomic E-state index is 11.3. The first kappa shape index (κ1) is 27.9. The van der Waals surface area contributed by atoms with Crippen molar-refractivity contribution in [2.45, 2.75) is 44.2 Å². The van der Waals surface area contributed by atoms with Crippen molar-refractivity contribution in [3.8, 4) is 5.75 Å². The number of amides is 1. The molecule has 2 heterocycles. The number of ketones is 1. The van der Waals surface area contributed by atoms with E-state index in [1.54, 1.807) is 14.0 Å². The molecule has 0 unspecified atom stereocenters. The maximum Gasteiger partial charge on any atom is 0.221 e. The van der Waals surface area contributed by atoms with Crippen LogP contribution in [-0.4, -0.2) is 65.1 Å². The number of nitrogens with zero attached hydrogens (tertiary/aromatic N) is 4. The van der Waals surface area contributed by atoms with Crippen LogP contribution in [0.5, 0.6) is 5.75 Å². The number of aromatic nitrogens is 4. The van der Waals surface area contributed by atoms with Gasteiger partial charge in [0, 0.05) is 48.9 Å². The van der Waals surface area contributed by atoms with Crippen molar-refractivity contribution in [2.75, 3.05) is 48.8 Å².